The predicted octanol–water partition coefficient (Wildman–Crippen LogP) is 1.62. The molecule has 0 radical (unpaired) electrons. The van der Waals surface area contributed by atoms with Gasteiger partial charge in [0, 0.05) is 19.3 Å². The Hall–Kier alpha value is -1.52. The fraction of sp³-hybridized carbons (Fsp3) is 0.733. The first kappa shape index (κ1) is 14.9. The molecule has 110 valence electrons. The van der Waals surface area contributed by atoms with Gasteiger partial charge in [-0.05, 0) is 32.6 Å². The number of hydrogen-bond acceptors (Lipinski definition) is 5. The van der Waals surface area contributed by atoms with Crippen molar-refractivity contribution in [3.05, 3.63) is 0 Å². The van der Waals surface area contributed by atoms with Crippen LogP contribution >= 0.6 is 0 Å². The lowest BCUT2D eigenvalue weighted by molar-refractivity contribution is -0.162. The highest BCUT2D eigenvalue weighted by molar-refractivity contribution is 6.13. The molecule has 0 aromatic rings. The first-order chi connectivity index (χ1) is 9.50. The van der Waals surface area contributed by atoms with Gasteiger partial charge in [0.05, 0.1) is 17.4 Å². The van der Waals surface area contributed by atoms with Gasteiger partial charge in [-0.1, -0.05) is 0 Å². The number of ketones is 2. The SMILES string of the molecule is CCOC(=O)C1(CC=O)CCC2(CC1)C(=O)CCC2=O. The molecule has 0 amide bonds. The standard InChI is InChI=1S/C15H20O5/c1-2-20-13(19)14(9-10-16)5-7-15(8-6-14)11(17)3-4-12(15)18/h10H,2-9H2,1H3. The van der Waals surface area contributed by atoms with E-state index in [4.69, 9.17) is 4.74 Å². The Balaban J connectivity index is 2.18. The van der Waals surface area contributed by atoms with Crippen molar-refractivity contribution in [1.29, 1.82) is 0 Å². The minimum atomic E-state index is -0.876. The van der Waals surface area contributed by atoms with Crippen LogP contribution < -0.4 is 0 Å². The van der Waals surface area contributed by atoms with Crippen LogP contribution in [0.4, 0.5) is 0 Å². The van der Waals surface area contributed by atoms with E-state index in [1.54, 1.807) is 6.92 Å². The lowest BCUT2D eigenvalue weighted by Gasteiger charge is -2.40. The zero-order chi connectivity index (χ0) is 14.8. The van der Waals surface area contributed by atoms with Crippen molar-refractivity contribution in [2.75, 3.05) is 6.61 Å². The Morgan fingerprint density at radius 1 is 1.15 bits per heavy atom. The zero-order valence-electron chi connectivity index (χ0n) is 11.8. The predicted molar refractivity (Wildman–Crippen MR) is 69.9 cm³/mol. The Bertz CT molecular complexity index is 425. The summed E-state index contributed by atoms with van der Waals surface area (Å²) in [4.78, 5) is 47.1. The van der Waals surface area contributed by atoms with Crippen molar-refractivity contribution >= 4 is 23.8 Å². The van der Waals surface area contributed by atoms with Crippen LogP contribution in [0.5, 0.6) is 0 Å². The summed E-state index contributed by atoms with van der Waals surface area (Å²) >= 11 is 0. The third kappa shape index (κ3) is 2.19. The molecule has 2 aliphatic carbocycles. The van der Waals surface area contributed by atoms with E-state index in [9.17, 15) is 19.2 Å². The molecule has 5 nitrogen and oxygen atoms in total. The maximum atomic E-state index is 12.1. The summed E-state index contributed by atoms with van der Waals surface area (Å²) in [6.45, 7) is 1.99. The third-order valence-corrected chi connectivity index (χ3v) is 4.89. The van der Waals surface area contributed by atoms with E-state index in [0.717, 1.165) is 6.29 Å². The quantitative estimate of drug-likeness (QED) is 0.444. The van der Waals surface area contributed by atoms with Crippen LogP contribution in [0.15, 0.2) is 0 Å². The van der Waals surface area contributed by atoms with E-state index in [1.807, 2.05) is 0 Å². The van der Waals surface area contributed by atoms with E-state index in [1.165, 1.54) is 0 Å². The molecule has 0 saturated heterocycles. The number of carbonyl (C=O) groups excluding carboxylic acids is 4. The Labute approximate surface area is 118 Å². The highest BCUT2D eigenvalue weighted by atomic mass is 16.5. The molecule has 20 heavy (non-hydrogen) atoms. The Kier molecular flexibility index (Phi) is 4.06. The maximum Gasteiger partial charge on any atom is 0.312 e. The van der Waals surface area contributed by atoms with Crippen molar-refractivity contribution in [3.63, 3.8) is 0 Å². The molecule has 2 rings (SSSR count). The summed E-state index contributed by atoms with van der Waals surface area (Å²) in [6, 6.07) is 0. The molecular weight excluding hydrogens is 260 g/mol. The molecule has 0 N–H and O–H groups in total. The zero-order valence-corrected chi connectivity index (χ0v) is 11.8. The second-order valence-corrected chi connectivity index (χ2v) is 5.80. The minimum absolute atomic E-state index is 0.00561. The van der Waals surface area contributed by atoms with Gasteiger partial charge in [-0.25, -0.2) is 0 Å². The minimum Gasteiger partial charge on any atom is -0.466 e. The van der Waals surface area contributed by atoms with Crippen LogP contribution in [0.25, 0.3) is 0 Å². The van der Waals surface area contributed by atoms with Gasteiger partial charge >= 0.3 is 5.97 Å². The van der Waals surface area contributed by atoms with Gasteiger partial charge in [-0.2, -0.15) is 0 Å². The summed E-state index contributed by atoms with van der Waals surface area (Å²) < 4.78 is 5.07. The summed E-state index contributed by atoms with van der Waals surface area (Å²) in [5.41, 5.74) is -1.72. The largest absolute Gasteiger partial charge is 0.466 e. The number of carbonyl (C=O) groups is 4. The molecule has 0 bridgehead atoms. The van der Waals surface area contributed by atoms with Crippen LogP contribution in [0.1, 0.15) is 51.9 Å². The lowest BCUT2D eigenvalue weighted by atomic mass is 9.61. The summed E-state index contributed by atoms with van der Waals surface area (Å²) in [7, 11) is 0. The fourth-order valence-electron chi connectivity index (χ4n) is 3.51. The number of Topliss-reactive ketones (excluding diaryl/α,β-unsaturated/α-hetero) is 2. The fourth-order valence-corrected chi connectivity index (χ4v) is 3.51. The Morgan fingerprint density at radius 2 is 1.70 bits per heavy atom. The van der Waals surface area contributed by atoms with Crippen molar-refractivity contribution < 1.29 is 23.9 Å². The second kappa shape index (κ2) is 5.46. The van der Waals surface area contributed by atoms with Crippen LogP contribution in [0.3, 0.4) is 0 Å². The smallest absolute Gasteiger partial charge is 0.312 e. The van der Waals surface area contributed by atoms with Gasteiger partial charge < -0.3 is 9.53 Å². The maximum absolute atomic E-state index is 12.1. The number of rotatable bonds is 4. The van der Waals surface area contributed by atoms with Gasteiger partial charge in [-0.3, -0.25) is 14.4 Å². The van der Waals surface area contributed by atoms with Crippen LogP contribution in [0.2, 0.25) is 0 Å². The van der Waals surface area contributed by atoms with Crippen molar-refractivity contribution in [1.82, 2.24) is 0 Å². The molecular formula is C15H20O5. The molecule has 0 aromatic heterocycles. The monoisotopic (exact) mass is 280 g/mol. The van der Waals surface area contributed by atoms with E-state index in [2.05, 4.69) is 0 Å². The number of aldehydes is 1. The van der Waals surface area contributed by atoms with Crippen LogP contribution in [-0.4, -0.2) is 30.4 Å². The van der Waals surface area contributed by atoms with Crippen LogP contribution in [-0.2, 0) is 23.9 Å². The summed E-state index contributed by atoms with van der Waals surface area (Å²) in [5.74, 6) is -0.364. The van der Waals surface area contributed by atoms with Gasteiger partial charge in [0.1, 0.15) is 17.9 Å². The molecule has 0 aromatic carbocycles. The van der Waals surface area contributed by atoms with E-state index < -0.39 is 10.8 Å². The van der Waals surface area contributed by atoms with Crippen LogP contribution in [0, 0.1) is 10.8 Å². The second-order valence-electron chi connectivity index (χ2n) is 5.80. The molecule has 1 spiro atoms. The highest BCUT2D eigenvalue weighted by Crippen LogP contribution is 2.51. The molecule has 2 aliphatic rings. The van der Waals surface area contributed by atoms with Crippen molar-refractivity contribution in [2.24, 2.45) is 10.8 Å². The van der Waals surface area contributed by atoms with Crippen molar-refractivity contribution in [2.45, 2.75) is 51.9 Å². The first-order valence-corrected chi connectivity index (χ1v) is 7.18. The first-order valence-electron chi connectivity index (χ1n) is 7.18. The molecule has 2 saturated carbocycles. The lowest BCUT2D eigenvalue weighted by Crippen LogP contribution is -2.45. The van der Waals surface area contributed by atoms with Gasteiger partial charge in [-0.15, -0.1) is 0 Å². The molecule has 0 aliphatic heterocycles. The molecule has 0 atom stereocenters. The highest BCUT2D eigenvalue weighted by Gasteiger charge is 2.55. The van der Waals surface area contributed by atoms with Gasteiger partial charge in [0.15, 0.2) is 0 Å². The summed E-state index contributed by atoms with van der Waals surface area (Å²) in [6.07, 6.45) is 2.97. The average Bonchev–Trinajstić information content (AvgIpc) is 2.71. The molecule has 2 fully saturated rings. The number of hydrogen-bond donors (Lipinski definition) is 0. The van der Waals surface area contributed by atoms with Crippen molar-refractivity contribution in [3.8, 4) is 0 Å². The van der Waals surface area contributed by atoms with E-state index in [-0.39, 0.29) is 30.6 Å². The molecule has 0 heterocycles. The van der Waals surface area contributed by atoms with E-state index in [0.29, 0.717) is 38.5 Å². The third-order valence-electron chi connectivity index (χ3n) is 4.89. The molecule has 0 unspecified atom stereocenters. The average molecular weight is 280 g/mol. The molecule has 5 heteroatoms. The summed E-state index contributed by atoms with van der Waals surface area (Å²) in [5, 5.41) is 0. The Morgan fingerprint density at radius 3 is 2.15 bits per heavy atom. The van der Waals surface area contributed by atoms with Gasteiger partial charge in [0.2, 0.25) is 0 Å². The van der Waals surface area contributed by atoms with E-state index >= 15 is 0 Å². The van der Waals surface area contributed by atoms with Gasteiger partial charge in [0.25, 0.3) is 0 Å². The number of ether oxygens (including phenoxy) is 1. The number of esters is 1. The topological polar surface area (TPSA) is 77.5 Å². The normalized spacial score (nSPS) is 23.9.